The van der Waals surface area contributed by atoms with Crippen LogP contribution in [0.2, 0.25) is 0 Å². The minimum Gasteiger partial charge on any atom is -0.473 e. The fourth-order valence-electron chi connectivity index (χ4n) is 5.36. The molecule has 1 aliphatic heterocycles. The first-order valence-electron chi connectivity index (χ1n) is 13.7. The van der Waals surface area contributed by atoms with Gasteiger partial charge in [-0.05, 0) is 97.5 Å². The van der Waals surface area contributed by atoms with Crippen molar-refractivity contribution in [3.63, 3.8) is 0 Å². The Hall–Kier alpha value is -3.62. The zero-order chi connectivity index (χ0) is 28.5. The Morgan fingerprint density at radius 3 is 1.85 bits per heavy atom. The summed E-state index contributed by atoms with van der Waals surface area (Å²) in [6, 6.07) is 23.7. The topological polar surface area (TPSA) is 87.1 Å². The molecule has 2 N–H and O–H groups in total. The zero-order valence-corrected chi connectivity index (χ0v) is 22.3. The fourth-order valence-corrected chi connectivity index (χ4v) is 5.36. The number of hydrogen-bond acceptors (Lipinski definition) is 4. The van der Waals surface area contributed by atoms with Gasteiger partial charge in [-0.1, -0.05) is 54.6 Å². The molecule has 212 valence electrons. The van der Waals surface area contributed by atoms with E-state index in [2.05, 4.69) is 35.2 Å². The number of piperidine rings is 1. The monoisotopic (exact) mass is 551 g/mol. The third-order valence-corrected chi connectivity index (χ3v) is 7.69. The smallest absolute Gasteiger partial charge is 0.414 e. The van der Waals surface area contributed by atoms with E-state index in [1.807, 2.05) is 0 Å². The highest BCUT2D eigenvalue weighted by atomic mass is 19.1. The minimum absolute atomic E-state index is 0.269. The van der Waals surface area contributed by atoms with Gasteiger partial charge in [0.25, 0.3) is 0 Å². The molecule has 1 aliphatic carbocycles. The predicted molar refractivity (Wildman–Crippen MR) is 147 cm³/mol. The first-order valence-corrected chi connectivity index (χ1v) is 13.7. The molecule has 1 saturated carbocycles. The van der Waals surface area contributed by atoms with Crippen LogP contribution in [0.3, 0.4) is 0 Å². The molecular formula is C32H35F2NO5. The van der Waals surface area contributed by atoms with E-state index in [9.17, 15) is 8.78 Å². The molecule has 0 amide bonds. The van der Waals surface area contributed by atoms with Crippen LogP contribution in [0.4, 0.5) is 8.78 Å². The second kappa shape index (κ2) is 14.1. The Labute approximate surface area is 233 Å². The highest BCUT2D eigenvalue weighted by molar-refractivity contribution is 6.27. The van der Waals surface area contributed by atoms with Gasteiger partial charge < -0.3 is 19.8 Å². The van der Waals surface area contributed by atoms with E-state index in [1.165, 1.54) is 68.7 Å². The van der Waals surface area contributed by atoms with Gasteiger partial charge in [0.1, 0.15) is 17.7 Å². The Balaban J connectivity index is 0.000000557. The lowest BCUT2D eigenvalue weighted by Crippen LogP contribution is -2.35. The maximum absolute atomic E-state index is 13.4. The number of carboxylic acids is 2. The van der Waals surface area contributed by atoms with Gasteiger partial charge in [0.05, 0.1) is 0 Å². The number of halogens is 2. The largest absolute Gasteiger partial charge is 0.473 e. The van der Waals surface area contributed by atoms with Crippen LogP contribution in [-0.2, 0) is 14.3 Å². The predicted octanol–water partition coefficient (Wildman–Crippen LogP) is 6.13. The van der Waals surface area contributed by atoms with Gasteiger partial charge in [0.15, 0.2) is 0 Å². The molecule has 3 aromatic carbocycles. The summed E-state index contributed by atoms with van der Waals surface area (Å²) in [6.07, 6.45) is 4.45. The molecule has 0 aromatic heterocycles. The number of nitrogens with zero attached hydrogens (tertiary/aromatic N) is 1. The average molecular weight is 552 g/mol. The molecular weight excluding hydrogens is 516 g/mol. The quantitative estimate of drug-likeness (QED) is 0.311. The number of hydrogen-bond donors (Lipinski definition) is 2. The molecule has 0 unspecified atom stereocenters. The summed E-state index contributed by atoms with van der Waals surface area (Å²) in [6.45, 7) is 4.20. The molecule has 5 rings (SSSR count). The van der Waals surface area contributed by atoms with Gasteiger partial charge in [-0.2, -0.15) is 0 Å². The van der Waals surface area contributed by atoms with Gasteiger partial charge >= 0.3 is 11.9 Å². The van der Waals surface area contributed by atoms with Crippen molar-refractivity contribution in [2.45, 2.75) is 37.7 Å². The van der Waals surface area contributed by atoms with Crippen LogP contribution in [0.1, 0.15) is 54.4 Å². The lowest BCUT2D eigenvalue weighted by Gasteiger charge is -2.32. The Morgan fingerprint density at radius 2 is 1.35 bits per heavy atom. The molecule has 1 heterocycles. The number of likely N-dealkylation sites (tertiary alicyclic amines) is 1. The molecule has 0 radical (unpaired) electrons. The van der Waals surface area contributed by atoms with E-state index in [0.717, 1.165) is 29.4 Å². The van der Waals surface area contributed by atoms with Crippen LogP contribution in [0.25, 0.3) is 0 Å². The zero-order valence-electron chi connectivity index (χ0n) is 22.3. The summed E-state index contributed by atoms with van der Waals surface area (Å²) >= 11 is 0. The van der Waals surface area contributed by atoms with Crippen molar-refractivity contribution in [2.75, 3.05) is 26.2 Å². The van der Waals surface area contributed by atoms with Gasteiger partial charge in [0, 0.05) is 13.2 Å². The molecule has 2 aliphatic rings. The molecule has 0 spiro atoms. The average Bonchev–Trinajstić information content (AvgIpc) is 3.73. The number of carbonyl (C=O) groups is 2. The van der Waals surface area contributed by atoms with Gasteiger partial charge in [-0.3, -0.25) is 0 Å². The molecule has 2 fully saturated rings. The number of benzene rings is 3. The fraction of sp³-hybridized carbons (Fsp3) is 0.375. The Morgan fingerprint density at radius 1 is 0.825 bits per heavy atom. The highest BCUT2D eigenvalue weighted by Gasteiger charge is 2.39. The standard InChI is InChI=1S/C30H33F2NO.C2H2O4/c31-27-10-6-24(7-11-27)30(25-8-12-28(32)13-9-25)34-19-16-22-14-17-33(18-15-22)21-26-20-29(26)23-4-2-1-3-5-23;3-1(4)2(5)6/h1-13,22,26,29-30H,14-21H2;(H,3,4)(H,5,6)/t26-,29-;/m0./s1. The maximum Gasteiger partial charge on any atom is 0.414 e. The summed E-state index contributed by atoms with van der Waals surface area (Å²) in [7, 11) is 0. The van der Waals surface area contributed by atoms with Gasteiger partial charge in [-0.25, -0.2) is 18.4 Å². The first kappa shape index (κ1) is 29.4. The second-order valence-electron chi connectivity index (χ2n) is 10.5. The first-order chi connectivity index (χ1) is 19.3. The van der Waals surface area contributed by atoms with Crippen LogP contribution in [-0.4, -0.2) is 53.3 Å². The van der Waals surface area contributed by atoms with Crippen molar-refractivity contribution in [1.29, 1.82) is 0 Å². The van der Waals surface area contributed by atoms with Crippen molar-refractivity contribution in [3.05, 3.63) is 107 Å². The van der Waals surface area contributed by atoms with Crippen molar-refractivity contribution in [1.82, 2.24) is 4.90 Å². The lowest BCUT2D eigenvalue weighted by atomic mass is 9.93. The second-order valence-corrected chi connectivity index (χ2v) is 10.5. The van der Waals surface area contributed by atoms with Crippen molar-refractivity contribution in [2.24, 2.45) is 11.8 Å². The molecule has 6 nitrogen and oxygen atoms in total. The van der Waals surface area contributed by atoms with Crippen molar-refractivity contribution >= 4 is 11.9 Å². The Bertz CT molecular complexity index is 1170. The Kier molecular flexibility index (Phi) is 10.4. The summed E-state index contributed by atoms with van der Waals surface area (Å²) < 4.78 is 33.2. The summed E-state index contributed by atoms with van der Waals surface area (Å²) in [4.78, 5) is 20.8. The number of rotatable bonds is 9. The van der Waals surface area contributed by atoms with E-state index >= 15 is 0 Å². The summed E-state index contributed by atoms with van der Waals surface area (Å²) in [5.74, 6) is -1.95. The third kappa shape index (κ3) is 8.69. The molecule has 2 atom stereocenters. The molecule has 8 heteroatoms. The van der Waals surface area contributed by atoms with E-state index in [4.69, 9.17) is 24.5 Å². The third-order valence-electron chi connectivity index (χ3n) is 7.69. The van der Waals surface area contributed by atoms with Gasteiger partial charge in [0.2, 0.25) is 0 Å². The van der Waals surface area contributed by atoms with Crippen LogP contribution in [0.5, 0.6) is 0 Å². The van der Waals surface area contributed by atoms with E-state index in [-0.39, 0.29) is 17.7 Å². The maximum atomic E-state index is 13.4. The van der Waals surface area contributed by atoms with E-state index in [0.29, 0.717) is 12.5 Å². The number of aliphatic carboxylic acids is 2. The lowest BCUT2D eigenvalue weighted by molar-refractivity contribution is -0.159. The van der Waals surface area contributed by atoms with E-state index in [1.54, 1.807) is 24.3 Å². The number of carboxylic acid groups (broad SMARTS) is 2. The van der Waals surface area contributed by atoms with E-state index < -0.39 is 11.9 Å². The normalized spacial score (nSPS) is 19.1. The summed E-state index contributed by atoms with van der Waals surface area (Å²) in [5, 5.41) is 14.8. The highest BCUT2D eigenvalue weighted by Crippen LogP contribution is 2.48. The number of ether oxygens (including phenoxy) is 1. The summed E-state index contributed by atoms with van der Waals surface area (Å²) in [5.41, 5.74) is 3.27. The van der Waals surface area contributed by atoms with Crippen molar-refractivity contribution in [3.8, 4) is 0 Å². The minimum atomic E-state index is -1.82. The molecule has 1 saturated heterocycles. The van der Waals surface area contributed by atoms with Crippen LogP contribution >= 0.6 is 0 Å². The van der Waals surface area contributed by atoms with Crippen molar-refractivity contribution < 1.29 is 33.3 Å². The molecule has 0 bridgehead atoms. The molecule has 3 aromatic rings. The van der Waals surface area contributed by atoms with Crippen LogP contribution in [0, 0.1) is 23.5 Å². The van der Waals surface area contributed by atoms with Crippen LogP contribution < -0.4 is 0 Å². The van der Waals surface area contributed by atoms with Gasteiger partial charge in [-0.15, -0.1) is 0 Å². The molecule has 40 heavy (non-hydrogen) atoms. The SMILES string of the molecule is Fc1ccc(C(OCCC2CCN(C[C@@H]3C[C@H]3c3ccccc3)CC2)c2ccc(F)cc2)cc1.O=C(O)C(=O)O. The van der Waals surface area contributed by atoms with Crippen LogP contribution in [0.15, 0.2) is 78.9 Å².